The third-order valence-corrected chi connectivity index (χ3v) is 5.16. The van der Waals surface area contributed by atoms with Crippen LogP contribution >= 0.6 is 0 Å². The number of ether oxygens (including phenoxy) is 1. The molecular weight excluding hydrogens is 252 g/mol. The van der Waals surface area contributed by atoms with E-state index < -0.39 is 0 Å². The summed E-state index contributed by atoms with van der Waals surface area (Å²) >= 11 is 0. The predicted octanol–water partition coefficient (Wildman–Crippen LogP) is 2.17. The molecule has 2 rings (SSSR count). The van der Waals surface area contributed by atoms with Gasteiger partial charge in [-0.05, 0) is 43.9 Å². The van der Waals surface area contributed by atoms with Crippen LogP contribution in [0.4, 0.5) is 0 Å². The number of nitrogens with zero attached hydrogens (tertiary/aromatic N) is 1. The Labute approximate surface area is 123 Å². The summed E-state index contributed by atoms with van der Waals surface area (Å²) in [5.74, 6) is 1.33. The van der Waals surface area contributed by atoms with Crippen LogP contribution in [0.2, 0.25) is 0 Å². The van der Waals surface area contributed by atoms with Crippen molar-refractivity contribution in [2.45, 2.75) is 64.0 Å². The minimum absolute atomic E-state index is 0.0956. The van der Waals surface area contributed by atoms with E-state index in [1.54, 1.807) is 0 Å². The van der Waals surface area contributed by atoms with Gasteiger partial charge in [0.2, 0.25) is 0 Å². The number of hydrogen-bond acceptors (Lipinski definition) is 4. The number of rotatable bonds is 6. The van der Waals surface area contributed by atoms with E-state index in [2.05, 4.69) is 11.8 Å². The van der Waals surface area contributed by atoms with Crippen LogP contribution < -0.4 is 5.73 Å². The largest absolute Gasteiger partial charge is 0.469 e. The molecule has 4 heteroatoms. The van der Waals surface area contributed by atoms with Gasteiger partial charge in [-0.2, -0.15) is 0 Å². The Balaban J connectivity index is 1.87. The molecule has 116 valence electrons. The van der Waals surface area contributed by atoms with Crippen molar-refractivity contribution >= 4 is 5.97 Å². The van der Waals surface area contributed by atoms with Gasteiger partial charge in [-0.1, -0.05) is 13.3 Å². The fourth-order valence-corrected chi connectivity index (χ4v) is 3.90. The lowest BCUT2D eigenvalue weighted by atomic mass is 9.77. The summed E-state index contributed by atoms with van der Waals surface area (Å²) in [4.78, 5) is 13.9. The highest BCUT2D eigenvalue weighted by molar-refractivity contribution is 5.69. The fourth-order valence-electron chi connectivity index (χ4n) is 3.90. The third kappa shape index (κ3) is 3.95. The molecule has 20 heavy (non-hydrogen) atoms. The van der Waals surface area contributed by atoms with Gasteiger partial charge in [0.15, 0.2) is 0 Å². The van der Waals surface area contributed by atoms with E-state index >= 15 is 0 Å². The Morgan fingerprint density at radius 1 is 1.40 bits per heavy atom. The van der Waals surface area contributed by atoms with Gasteiger partial charge in [0, 0.05) is 31.6 Å². The van der Waals surface area contributed by atoms with Gasteiger partial charge in [-0.25, -0.2) is 0 Å². The molecule has 1 aliphatic heterocycles. The Morgan fingerprint density at radius 3 is 2.70 bits per heavy atom. The number of carbonyl (C=O) groups is 1. The number of nitrogens with two attached hydrogens (primary N) is 1. The van der Waals surface area contributed by atoms with Gasteiger partial charge in [0.1, 0.15) is 0 Å². The van der Waals surface area contributed by atoms with E-state index in [-0.39, 0.29) is 12.0 Å². The molecule has 1 aliphatic carbocycles. The second-order valence-electron chi connectivity index (χ2n) is 6.60. The molecular formula is C16H30N2O2. The Kier molecular flexibility index (Phi) is 5.85. The van der Waals surface area contributed by atoms with E-state index in [1.165, 1.54) is 32.8 Å². The van der Waals surface area contributed by atoms with Crippen LogP contribution in [0.5, 0.6) is 0 Å². The molecule has 0 aromatic carbocycles. The second-order valence-corrected chi connectivity index (χ2v) is 6.60. The van der Waals surface area contributed by atoms with Crippen molar-refractivity contribution in [2.24, 2.45) is 17.6 Å². The lowest BCUT2D eigenvalue weighted by Gasteiger charge is -2.46. The van der Waals surface area contributed by atoms with Gasteiger partial charge in [-0.3, -0.25) is 9.69 Å². The maximum atomic E-state index is 11.3. The topological polar surface area (TPSA) is 55.6 Å². The van der Waals surface area contributed by atoms with E-state index in [0.717, 1.165) is 31.8 Å². The van der Waals surface area contributed by atoms with Crippen molar-refractivity contribution in [1.82, 2.24) is 4.90 Å². The summed E-state index contributed by atoms with van der Waals surface area (Å²) < 4.78 is 4.74. The Hall–Kier alpha value is -0.610. The van der Waals surface area contributed by atoms with Gasteiger partial charge in [0.05, 0.1) is 7.11 Å². The summed E-state index contributed by atoms with van der Waals surface area (Å²) in [5, 5.41) is 0. The quantitative estimate of drug-likeness (QED) is 0.759. The Morgan fingerprint density at radius 2 is 2.15 bits per heavy atom. The fraction of sp³-hybridized carbons (Fsp3) is 0.938. The first-order chi connectivity index (χ1) is 9.63. The van der Waals surface area contributed by atoms with Gasteiger partial charge < -0.3 is 10.5 Å². The third-order valence-electron chi connectivity index (χ3n) is 5.16. The van der Waals surface area contributed by atoms with Crippen molar-refractivity contribution in [2.75, 3.05) is 20.2 Å². The molecule has 2 aliphatic rings. The van der Waals surface area contributed by atoms with Crippen LogP contribution in [0.15, 0.2) is 0 Å². The minimum Gasteiger partial charge on any atom is -0.469 e. The first kappa shape index (κ1) is 15.8. The van der Waals surface area contributed by atoms with E-state index in [4.69, 9.17) is 10.5 Å². The van der Waals surface area contributed by atoms with Gasteiger partial charge in [0.25, 0.3) is 0 Å². The van der Waals surface area contributed by atoms with Crippen molar-refractivity contribution in [1.29, 1.82) is 0 Å². The number of esters is 1. The van der Waals surface area contributed by atoms with Gasteiger partial charge in [-0.15, -0.1) is 0 Å². The van der Waals surface area contributed by atoms with E-state index in [0.29, 0.717) is 18.4 Å². The summed E-state index contributed by atoms with van der Waals surface area (Å²) in [6, 6.07) is 0.969. The van der Waals surface area contributed by atoms with E-state index in [9.17, 15) is 4.79 Å². The number of methoxy groups -OCH3 is 1. The maximum Gasteiger partial charge on any atom is 0.305 e. The van der Waals surface area contributed by atoms with Crippen LogP contribution in [-0.4, -0.2) is 43.2 Å². The minimum atomic E-state index is -0.0956. The zero-order chi connectivity index (χ0) is 14.5. The number of piperidine rings is 1. The highest BCUT2D eigenvalue weighted by Crippen LogP contribution is 2.35. The first-order valence-electron chi connectivity index (χ1n) is 8.20. The molecule has 3 atom stereocenters. The molecule has 1 saturated carbocycles. The molecule has 2 fully saturated rings. The molecule has 0 radical (unpaired) electrons. The van der Waals surface area contributed by atoms with E-state index in [1.807, 2.05) is 0 Å². The highest BCUT2D eigenvalue weighted by atomic mass is 16.5. The standard InChI is InChI=1S/C16H30N2O2/c1-3-15(13-5-4-6-13)18-10-12(9-14(17)11-18)7-8-16(19)20-2/h12-15H,3-11,17H2,1-2H3. The zero-order valence-electron chi connectivity index (χ0n) is 13.0. The normalized spacial score (nSPS) is 29.8. The molecule has 3 unspecified atom stereocenters. The molecule has 0 bridgehead atoms. The molecule has 0 aromatic heterocycles. The average Bonchev–Trinajstić information content (AvgIpc) is 2.39. The summed E-state index contributed by atoms with van der Waals surface area (Å²) in [5.41, 5.74) is 6.25. The molecule has 0 spiro atoms. The predicted molar refractivity (Wildman–Crippen MR) is 80.3 cm³/mol. The van der Waals surface area contributed by atoms with Crippen LogP contribution in [0.3, 0.4) is 0 Å². The van der Waals surface area contributed by atoms with Crippen LogP contribution in [-0.2, 0) is 9.53 Å². The summed E-state index contributed by atoms with van der Waals surface area (Å²) in [7, 11) is 1.46. The molecule has 4 nitrogen and oxygen atoms in total. The number of carbonyl (C=O) groups excluding carboxylic acids is 1. The maximum absolute atomic E-state index is 11.3. The molecule has 2 N–H and O–H groups in total. The molecule has 0 aromatic rings. The van der Waals surface area contributed by atoms with Crippen molar-refractivity contribution in [3.05, 3.63) is 0 Å². The van der Waals surface area contributed by atoms with Crippen LogP contribution in [0.25, 0.3) is 0 Å². The summed E-state index contributed by atoms with van der Waals surface area (Å²) in [6.07, 6.45) is 7.89. The smallest absolute Gasteiger partial charge is 0.305 e. The number of likely N-dealkylation sites (tertiary alicyclic amines) is 1. The van der Waals surface area contributed by atoms with Crippen molar-refractivity contribution in [3.8, 4) is 0 Å². The lowest BCUT2D eigenvalue weighted by molar-refractivity contribution is -0.141. The summed E-state index contributed by atoms with van der Waals surface area (Å²) in [6.45, 7) is 4.44. The van der Waals surface area contributed by atoms with Crippen LogP contribution in [0.1, 0.15) is 51.9 Å². The average molecular weight is 282 g/mol. The zero-order valence-corrected chi connectivity index (χ0v) is 13.0. The highest BCUT2D eigenvalue weighted by Gasteiger charge is 2.35. The number of hydrogen-bond donors (Lipinski definition) is 1. The van der Waals surface area contributed by atoms with Crippen LogP contribution in [0, 0.1) is 11.8 Å². The molecule has 0 amide bonds. The first-order valence-corrected chi connectivity index (χ1v) is 8.20. The van der Waals surface area contributed by atoms with Gasteiger partial charge >= 0.3 is 5.97 Å². The Bertz CT molecular complexity index is 318. The molecule has 1 saturated heterocycles. The lowest BCUT2D eigenvalue weighted by Crippen LogP contribution is -2.53. The SMILES string of the molecule is CCC(C1CCC1)N1CC(N)CC(CCC(=O)OC)C1. The second kappa shape index (κ2) is 7.41. The van der Waals surface area contributed by atoms with Crippen molar-refractivity contribution < 1.29 is 9.53 Å². The monoisotopic (exact) mass is 282 g/mol. The molecule has 1 heterocycles. The van der Waals surface area contributed by atoms with Crippen molar-refractivity contribution in [3.63, 3.8) is 0 Å².